The highest BCUT2D eigenvalue weighted by Gasteiger charge is 2.25. The molecule has 2 aromatic rings. The van der Waals surface area contributed by atoms with Crippen LogP contribution in [0.3, 0.4) is 0 Å². The molecule has 0 aliphatic heterocycles. The van der Waals surface area contributed by atoms with Gasteiger partial charge in [0.15, 0.2) is 23.0 Å². The van der Waals surface area contributed by atoms with E-state index in [4.69, 9.17) is 28.4 Å². The van der Waals surface area contributed by atoms with Gasteiger partial charge in [-0.05, 0) is 57.7 Å². The summed E-state index contributed by atoms with van der Waals surface area (Å²) in [6.45, 7) is 17.9. The van der Waals surface area contributed by atoms with Crippen LogP contribution in [0.2, 0.25) is 0 Å². The lowest BCUT2D eigenvalue weighted by Crippen LogP contribution is -2.11. The van der Waals surface area contributed by atoms with Gasteiger partial charge in [-0.1, -0.05) is 32.2 Å². The van der Waals surface area contributed by atoms with Crippen LogP contribution in [0.1, 0.15) is 51.7 Å². The van der Waals surface area contributed by atoms with Gasteiger partial charge in [0.1, 0.15) is 0 Å². The minimum Gasteiger partial charge on any atom is -0.490 e. The summed E-state index contributed by atoms with van der Waals surface area (Å²) in [5.41, 5.74) is 1.73. The third-order valence-corrected chi connectivity index (χ3v) is 5.23. The first-order valence-electron chi connectivity index (χ1n) is 12.4. The molecule has 0 spiro atoms. The molecule has 1 unspecified atom stereocenters. The Hall–Kier alpha value is -3.94. The van der Waals surface area contributed by atoms with Gasteiger partial charge in [-0.2, -0.15) is 0 Å². The van der Waals surface area contributed by atoms with Crippen LogP contribution in [0.15, 0.2) is 49.6 Å². The number of benzene rings is 2. The van der Waals surface area contributed by atoms with Gasteiger partial charge < -0.3 is 28.4 Å². The Balaban J connectivity index is 2.56. The highest BCUT2D eigenvalue weighted by molar-refractivity contribution is 5.84. The maximum Gasteiger partial charge on any atom is 0.335 e. The van der Waals surface area contributed by atoms with Crippen molar-refractivity contribution >= 4 is 11.9 Å². The molecule has 0 aliphatic carbocycles. The Labute approximate surface area is 218 Å². The molecule has 0 saturated heterocycles. The molecular formula is C29H36O8. The second-order valence-corrected chi connectivity index (χ2v) is 7.78. The van der Waals surface area contributed by atoms with E-state index in [0.29, 0.717) is 55.8 Å². The molecule has 0 N–H and O–H groups in total. The van der Waals surface area contributed by atoms with E-state index in [9.17, 15) is 9.59 Å². The van der Waals surface area contributed by atoms with E-state index in [2.05, 4.69) is 13.2 Å². The van der Waals surface area contributed by atoms with Crippen molar-refractivity contribution in [2.75, 3.05) is 26.4 Å². The first-order valence-corrected chi connectivity index (χ1v) is 12.4. The fourth-order valence-corrected chi connectivity index (χ4v) is 3.75. The van der Waals surface area contributed by atoms with Crippen LogP contribution in [0.25, 0.3) is 0 Å². The van der Waals surface area contributed by atoms with Crippen molar-refractivity contribution in [3.63, 3.8) is 0 Å². The fourth-order valence-electron chi connectivity index (χ4n) is 3.75. The molecule has 0 radical (unpaired) electrons. The molecule has 0 aromatic heterocycles. The predicted molar refractivity (Wildman–Crippen MR) is 141 cm³/mol. The molecule has 8 nitrogen and oxygen atoms in total. The topological polar surface area (TPSA) is 89.5 Å². The van der Waals surface area contributed by atoms with Gasteiger partial charge in [-0.3, -0.25) is 0 Å². The Kier molecular flexibility index (Phi) is 11.5. The largest absolute Gasteiger partial charge is 0.490 e. The molecule has 200 valence electrons. The number of hydrogen-bond acceptors (Lipinski definition) is 8. The predicted octanol–water partition coefficient (Wildman–Crippen LogP) is 5.81. The van der Waals surface area contributed by atoms with Crippen LogP contribution in [-0.2, 0) is 16.0 Å². The van der Waals surface area contributed by atoms with Gasteiger partial charge in [-0.15, -0.1) is 0 Å². The zero-order valence-electron chi connectivity index (χ0n) is 22.3. The van der Waals surface area contributed by atoms with Crippen LogP contribution in [-0.4, -0.2) is 38.4 Å². The maximum absolute atomic E-state index is 11.9. The standard InChI is InChI=1S/C29H36O8/c1-8-24(30)36-22-16-14-20(26(32-10-3)28(22)34-12-5)18-19(7)21-15-17-23(37-25(31)9-2)29(35-13-6)27(21)33-11-4/h8-9,14-17,19H,1-2,10-13,18H2,3-7H3. The van der Waals surface area contributed by atoms with E-state index >= 15 is 0 Å². The van der Waals surface area contributed by atoms with Crippen LogP contribution in [0, 0.1) is 0 Å². The molecule has 2 rings (SSSR count). The molecule has 0 heterocycles. The SMILES string of the molecule is C=CC(=O)Oc1ccc(CC(C)c2ccc(OC(=O)C=C)c(OCC)c2OCC)c(OCC)c1OCC. The van der Waals surface area contributed by atoms with E-state index in [1.165, 1.54) is 0 Å². The summed E-state index contributed by atoms with van der Waals surface area (Å²) >= 11 is 0. The van der Waals surface area contributed by atoms with Crippen molar-refractivity contribution in [2.45, 2.75) is 47.0 Å². The summed E-state index contributed by atoms with van der Waals surface area (Å²) in [6, 6.07) is 7.07. The third-order valence-electron chi connectivity index (χ3n) is 5.23. The summed E-state index contributed by atoms with van der Waals surface area (Å²) < 4.78 is 34.4. The van der Waals surface area contributed by atoms with Gasteiger partial charge >= 0.3 is 11.9 Å². The Morgan fingerprint density at radius 3 is 1.62 bits per heavy atom. The lowest BCUT2D eigenvalue weighted by Gasteiger charge is -2.23. The molecular weight excluding hydrogens is 476 g/mol. The summed E-state index contributed by atoms with van der Waals surface area (Å²) in [6.07, 6.45) is 2.73. The van der Waals surface area contributed by atoms with E-state index in [1.807, 2.05) is 46.8 Å². The van der Waals surface area contributed by atoms with Crippen molar-refractivity contribution in [1.82, 2.24) is 0 Å². The molecule has 0 saturated carbocycles. The zero-order valence-corrected chi connectivity index (χ0v) is 22.3. The van der Waals surface area contributed by atoms with Crippen LogP contribution < -0.4 is 28.4 Å². The number of hydrogen-bond donors (Lipinski definition) is 0. The number of rotatable bonds is 15. The van der Waals surface area contributed by atoms with E-state index < -0.39 is 11.9 Å². The number of carbonyl (C=O) groups is 2. The van der Waals surface area contributed by atoms with Crippen molar-refractivity contribution in [2.24, 2.45) is 0 Å². The number of carbonyl (C=O) groups excluding carboxylic acids is 2. The highest BCUT2D eigenvalue weighted by Crippen LogP contribution is 2.46. The summed E-state index contributed by atoms with van der Waals surface area (Å²) in [4.78, 5) is 23.7. The normalized spacial score (nSPS) is 11.2. The van der Waals surface area contributed by atoms with Crippen molar-refractivity contribution in [3.8, 4) is 34.5 Å². The van der Waals surface area contributed by atoms with E-state index in [0.717, 1.165) is 23.3 Å². The average molecular weight is 513 g/mol. The summed E-state index contributed by atoms with van der Waals surface area (Å²) in [7, 11) is 0. The summed E-state index contributed by atoms with van der Waals surface area (Å²) in [5, 5.41) is 0. The molecule has 0 bridgehead atoms. The lowest BCUT2D eigenvalue weighted by molar-refractivity contribution is -0.130. The number of esters is 2. The lowest BCUT2D eigenvalue weighted by atomic mass is 9.91. The molecule has 0 amide bonds. The Morgan fingerprint density at radius 2 is 1.14 bits per heavy atom. The van der Waals surface area contributed by atoms with Crippen LogP contribution in [0.5, 0.6) is 34.5 Å². The van der Waals surface area contributed by atoms with E-state index in [1.54, 1.807) is 12.1 Å². The first-order chi connectivity index (χ1) is 17.8. The molecule has 0 aliphatic rings. The summed E-state index contributed by atoms with van der Waals surface area (Å²) in [5.74, 6) is 0.988. The third kappa shape index (κ3) is 7.52. The smallest absolute Gasteiger partial charge is 0.335 e. The van der Waals surface area contributed by atoms with Gasteiger partial charge in [0, 0.05) is 17.7 Å². The van der Waals surface area contributed by atoms with Crippen molar-refractivity contribution < 1.29 is 38.0 Å². The quantitative estimate of drug-likeness (QED) is 0.168. The van der Waals surface area contributed by atoms with Gasteiger partial charge in [-0.25, -0.2) is 9.59 Å². The molecule has 1 atom stereocenters. The van der Waals surface area contributed by atoms with Gasteiger partial charge in [0.05, 0.1) is 26.4 Å². The second-order valence-electron chi connectivity index (χ2n) is 7.78. The minimum absolute atomic E-state index is 0.0693. The molecule has 8 heteroatoms. The van der Waals surface area contributed by atoms with Crippen LogP contribution in [0.4, 0.5) is 0 Å². The molecule has 2 aromatic carbocycles. The fraction of sp³-hybridized carbons (Fsp3) is 0.379. The maximum atomic E-state index is 11.9. The zero-order chi connectivity index (χ0) is 27.4. The second kappa shape index (κ2) is 14.6. The van der Waals surface area contributed by atoms with Crippen molar-refractivity contribution in [3.05, 3.63) is 60.7 Å². The Morgan fingerprint density at radius 1 is 0.703 bits per heavy atom. The molecule has 37 heavy (non-hydrogen) atoms. The molecule has 0 fully saturated rings. The highest BCUT2D eigenvalue weighted by atomic mass is 16.6. The van der Waals surface area contributed by atoms with E-state index in [-0.39, 0.29) is 17.4 Å². The number of ether oxygens (including phenoxy) is 6. The van der Waals surface area contributed by atoms with Gasteiger partial charge in [0.25, 0.3) is 0 Å². The van der Waals surface area contributed by atoms with Gasteiger partial charge in [0.2, 0.25) is 11.5 Å². The first kappa shape index (κ1) is 29.3. The minimum atomic E-state index is -0.591. The van der Waals surface area contributed by atoms with Crippen LogP contribution >= 0.6 is 0 Å². The average Bonchev–Trinajstić information content (AvgIpc) is 2.89. The van der Waals surface area contributed by atoms with Crippen molar-refractivity contribution in [1.29, 1.82) is 0 Å². The Bertz CT molecular complexity index is 1110. The monoisotopic (exact) mass is 512 g/mol.